The van der Waals surface area contributed by atoms with Crippen LogP contribution in [0.5, 0.6) is 0 Å². The van der Waals surface area contributed by atoms with Gasteiger partial charge in [0.15, 0.2) is 18.2 Å². The summed E-state index contributed by atoms with van der Waals surface area (Å²) in [5, 5.41) is 13.1. The van der Waals surface area contributed by atoms with E-state index in [1.54, 1.807) is 18.2 Å². The number of anilines is 1. The Bertz CT molecular complexity index is 1370. The topological polar surface area (TPSA) is 133 Å². The molecule has 0 atom stereocenters. The highest BCUT2D eigenvalue weighted by Gasteiger charge is 2.31. The van der Waals surface area contributed by atoms with Gasteiger partial charge < -0.3 is 10.1 Å². The van der Waals surface area contributed by atoms with Gasteiger partial charge in [-0.1, -0.05) is 48.0 Å². The standard InChI is InChI=1S/C23H13ClN2O7/c24-17-10-12(26(31)32)8-9-15(17)23(30)33-11-19(27)25-18-7-3-6-16-20(18)22(29)14-5-2-1-4-13(14)21(16)28/h1-10H,11H2,(H,25,27). The normalized spacial score (nSPS) is 11.9. The number of non-ortho nitro benzene ring substituents is 1. The van der Waals surface area contributed by atoms with E-state index in [4.69, 9.17) is 16.3 Å². The van der Waals surface area contributed by atoms with Gasteiger partial charge in [-0.05, 0) is 12.1 Å². The van der Waals surface area contributed by atoms with Crippen LogP contribution in [0.25, 0.3) is 0 Å². The van der Waals surface area contributed by atoms with Crippen LogP contribution in [0.2, 0.25) is 5.02 Å². The van der Waals surface area contributed by atoms with Gasteiger partial charge >= 0.3 is 5.97 Å². The van der Waals surface area contributed by atoms with Crippen molar-refractivity contribution < 1.29 is 28.8 Å². The molecule has 1 aliphatic rings. The lowest BCUT2D eigenvalue weighted by molar-refractivity contribution is -0.384. The fourth-order valence-corrected chi connectivity index (χ4v) is 3.68. The summed E-state index contributed by atoms with van der Waals surface area (Å²) in [6, 6.07) is 14.1. The number of nitrogens with zero attached hydrogens (tertiary/aromatic N) is 1. The summed E-state index contributed by atoms with van der Waals surface area (Å²) in [4.78, 5) is 60.4. The number of hydrogen-bond acceptors (Lipinski definition) is 7. The van der Waals surface area contributed by atoms with Crippen LogP contribution in [0.4, 0.5) is 11.4 Å². The average molecular weight is 465 g/mol. The molecule has 0 heterocycles. The predicted octanol–water partition coefficient (Wildman–Crippen LogP) is 3.82. The van der Waals surface area contributed by atoms with Gasteiger partial charge in [-0.25, -0.2) is 4.79 Å². The van der Waals surface area contributed by atoms with E-state index in [0.717, 1.165) is 18.2 Å². The molecule has 1 amide bonds. The van der Waals surface area contributed by atoms with E-state index >= 15 is 0 Å². The molecule has 0 saturated heterocycles. The third-order valence-electron chi connectivity index (χ3n) is 4.94. The van der Waals surface area contributed by atoms with Crippen molar-refractivity contribution in [3.63, 3.8) is 0 Å². The Morgan fingerprint density at radius 2 is 1.61 bits per heavy atom. The number of ether oxygens (including phenoxy) is 1. The first-order valence-electron chi connectivity index (χ1n) is 9.50. The van der Waals surface area contributed by atoms with Crippen molar-refractivity contribution >= 4 is 46.4 Å². The molecule has 1 N–H and O–H groups in total. The summed E-state index contributed by atoms with van der Waals surface area (Å²) in [6.45, 7) is -0.714. The van der Waals surface area contributed by atoms with E-state index in [-0.39, 0.29) is 50.0 Å². The van der Waals surface area contributed by atoms with Crippen molar-refractivity contribution in [3.8, 4) is 0 Å². The minimum atomic E-state index is -0.958. The minimum absolute atomic E-state index is 0.0549. The van der Waals surface area contributed by atoms with Crippen LogP contribution in [0.1, 0.15) is 42.2 Å². The maximum atomic E-state index is 13.0. The van der Waals surface area contributed by atoms with Gasteiger partial charge in [0.1, 0.15) is 0 Å². The number of nitro groups is 1. The molecule has 0 aliphatic heterocycles. The van der Waals surface area contributed by atoms with Gasteiger partial charge in [-0.3, -0.25) is 24.5 Å². The van der Waals surface area contributed by atoms with Crippen LogP contribution in [-0.4, -0.2) is 35.0 Å². The van der Waals surface area contributed by atoms with Crippen molar-refractivity contribution in [3.05, 3.63) is 104 Å². The highest BCUT2D eigenvalue weighted by molar-refractivity contribution is 6.34. The maximum absolute atomic E-state index is 13.0. The molecule has 4 rings (SSSR count). The lowest BCUT2D eigenvalue weighted by Crippen LogP contribution is -2.26. The minimum Gasteiger partial charge on any atom is -0.452 e. The van der Waals surface area contributed by atoms with Crippen molar-refractivity contribution in [1.82, 2.24) is 0 Å². The number of hydrogen-bond donors (Lipinski definition) is 1. The van der Waals surface area contributed by atoms with Crippen molar-refractivity contribution in [2.45, 2.75) is 0 Å². The third kappa shape index (κ3) is 4.09. The van der Waals surface area contributed by atoms with Gasteiger partial charge in [0, 0.05) is 28.8 Å². The molecule has 164 valence electrons. The number of amides is 1. The third-order valence-corrected chi connectivity index (χ3v) is 5.26. The van der Waals surface area contributed by atoms with E-state index in [2.05, 4.69) is 5.32 Å². The summed E-state index contributed by atoms with van der Waals surface area (Å²) in [7, 11) is 0. The number of esters is 1. The zero-order chi connectivity index (χ0) is 23.7. The molecule has 33 heavy (non-hydrogen) atoms. The van der Waals surface area contributed by atoms with Crippen molar-refractivity contribution in [1.29, 1.82) is 0 Å². The number of fused-ring (bicyclic) bond motifs is 2. The van der Waals surface area contributed by atoms with E-state index in [1.807, 2.05) is 0 Å². The Labute approximate surface area is 191 Å². The largest absolute Gasteiger partial charge is 0.452 e. The van der Waals surface area contributed by atoms with Crippen LogP contribution < -0.4 is 5.32 Å². The number of nitro benzene ring substituents is 1. The van der Waals surface area contributed by atoms with E-state index in [1.165, 1.54) is 24.3 Å². The summed E-state index contributed by atoms with van der Waals surface area (Å²) in [6.07, 6.45) is 0. The molecule has 0 unspecified atom stereocenters. The van der Waals surface area contributed by atoms with Crippen molar-refractivity contribution in [2.75, 3.05) is 11.9 Å². The Hall–Kier alpha value is -4.37. The van der Waals surface area contributed by atoms with Crippen LogP contribution in [0.3, 0.4) is 0 Å². The number of ketones is 2. The van der Waals surface area contributed by atoms with Gasteiger partial charge in [0.2, 0.25) is 0 Å². The maximum Gasteiger partial charge on any atom is 0.340 e. The van der Waals surface area contributed by atoms with E-state index in [9.17, 15) is 29.3 Å². The number of carbonyl (C=O) groups is 4. The number of rotatable bonds is 5. The summed E-state index contributed by atoms with van der Waals surface area (Å²) in [5.74, 6) is -2.46. The Balaban J connectivity index is 1.49. The molecule has 3 aromatic carbocycles. The van der Waals surface area contributed by atoms with E-state index in [0.29, 0.717) is 0 Å². The second-order valence-electron chi connectivity index (χ2n) is 6.98. The Kier molecular flexibility index (Phi) is 5.72. The molecule has 0 spiro atoms. The fraction of sp³-hybridized carbons (Fsp3) is 0.0435. The number of benzene rings is 3. The zero-order valence-corrected chi connectivity index (χ0v) is 17.4. The second-order valence-corrected chi connectivity index (χ2v) is 7.38. The first-order chi connectivity index (χ1) is 15.8. The molecule has 10 heteroatoms. The molecule has 0 fully saturated rings. The lowest BCUT2D eigenvalue weighted by Gasteiger charge is -2.20. The molecule has 0 radical (unpaired) electrons. The molecule has 0 saturated carbocycles. The van der Waals surface area contributed by atoms with Gasteiger partial charge in [-0.2, -0.15) is 0 Å². The quantitative estimate of drug-likeness (QED) is 0.269. The highest BCUT2D eigenvalue weighted by atomic mass is 35.5. The van der Waals surface area contributed by atoms with Crippen molar-refractivity contribution in [2.24, 2.45) is 0 Å². The number of carbonyl (C=O) groups excluding carboxylic acids is 4. The summed E-state index contributed by atoms with van der Waals surface area (Å²) in [5.41, 5.74) is 0.386. The van der Waals surface area contributed by atoms with Crippen LogP contribution in [-0.2, 0) is 9.53 Å². The summed E-state index contributed by atoms with van der Waals surface area (Å²) < 4.78 is 4.93. The van der Waals surface area contributed by atoms with Crippen LogP contribution in [0, 0.1) is 10.1 Å². The van der Waals surface area contributed by atoms with Gasteiger partial charge in [0.05, 0.1) is 26.8 Å². The molecule has 3 aromatic rings. The van der Waals surface area contributed by atoms with Crippen LogP contribution in [0.15, 0.2) is 60.7 Å². The Morgan fingerprint density at radius 1 is 0.939 bits per heavy atom. The molecule has 0 bridgehead atoms. The zero-order valence-electron chi connectivity index (χ0n) is 16.7. The predicted molar refractivity (Wildman–Crippen MR) is 117 cm³/mol. The first kappa shape index (κ1) is 21.8. The molecular formula is C23H13ClN2O7. The monoisotopic (exact) mass is 464 g/mol. The van der Waals surface area contributed by atoms with Crippen LogP contribution >= 0.6 is 11.6 Å². The number of nitrogens with one attached hydrogen (secondary N) is 1. The molecule has 1 aliphatic carbocycles. The lowest BCUT2D eigenvalue weighted by atomic mass is 9.83. The molecule has 0 aromatic heterocycles. The SMILES string of the molecule is O=C(COC(=O)c1ccc([N+](=O)[O-])cc1Cl)Nc1cccc2c1C(=O)c1ccccc1C2=O. The van der Waals surface area contributed by atoms with E-state index < -0.39 is 29.2 Å². The highest BCUT2D eigenvalue weighted by Crippen LogP contribution is 2.32. The molecular weight excluding hydrogens is 452 g/mol. The van der Waals surface area contributed by atoms with Gasteiger partial charge in [0.25, 0.3) is 11.6 Å². The first-order valence-corrected chi connectivity index (χ1v) is 9.88. The van der Waals surface area contributed by atoms with Gasteiger partial charge in [-0.15, -0.1) is 0 Å². The smallest absolute Gasteiger partial charge is 0.340 e. The summed E-state index contributed by atoms with van der Waals surface area (Å²) >= 11 is 5.89. The molecule has 9 nitrogen and oxygen atoms in total. The Morgan fingerprint density at radius 3 is 2.27 bits per heavy atom. The number of halogens is 1. The fourth-order valence-electron chi connectivity index (χ4n) is 3.43. The second kappa shape index (κ2) is 8.64. The average Bonchev–Trinajstić information content (AvgIpc) is 2.80.